The molecule has 4 rings (SSSR count). The smallest absolute Gasteiger partial charge is 0.337 e. The highest BCUT2D eigenvalue weighted by molar-refractivity contribution is 6.10. The molecule has 0 aliphatic carbocycles. The Kier molecular flexibility index (Phi) is 6.32. The van der Waals surface area contributed by atoms with E-state index in [1.165, 1.54) is 19.2 Å². The van der Waals surface area contributed by atoms with Gasteiger partial charge in [-0.3, -0.25) is 10.1 Å². The number of nitrogens with zero attached hydrogens (tertiary/aromatic N) is 1. The molecule has 0 saturated carbocycles. The van der Waals surface area contributed by atoms with Crippen molar-refractivity contribution in [3.8, 4) is 11.5 Å². The van der Waals surface area contributed by atoms with E-state index < -0.39 is 5.97 Å². The molecule has 0 spiro atoms. The first-order valence-corrected chi connectivity index (χ1v) is 9.95. The molecule has 2 aromatic rings. The summed E-state index contributed by atoms with van der Waals surface area (Å²) >= 11 is 0. The number of anilines is 1. The quantitative estimate of drug-likeness (QED) is 0.431. The van der Waals surface area contributed by atoms with Gasteiger partial charge in [0.05, 0.1) is 25.3 Å². The third-order valence-corrected chi connectivity index (χ3v) is 4.91. The van der Waals surface area contributed by atoms with Crippen LogP contribution in [-0.2, 0) is 9.47 Å². The zero-order valence-corrected chi connectivity index (χ0v) is 17.1. The molecular weight excluding hydrogens is 402 g/mol. The predicted octanol–water partition coefficient (Wildman–Crippen LogP) is 2.58. The summed E-state index contributed by atoms with van der Waals surface area (Å²) in [6.07, 6.45) is 1.97. The van der Waals surface area contributed by atoms with Crippen LogP contribution >= 0.6 is 0 Å². The number of aliphatic imine (C=N–C) groups is 1. The molecule has 2 aromatic carbocycles. The molecule has 2 aliphatic heterocycles. The highest BCUT2D eigenvalue weighted by Crippen LogP contribution is 2.34. The molecule has 1 fully saturated rings. The molecule has 2 heterocycles. The van der Waals surface area contributed by atoms with Crippen LogP contribution in [0.1, 0.15) is 33.6 Å². The maximum atomic E-state index is 12.8. The number of methoxy groups -OCH3 is 1. The summed E-state index contributed by atoms with van der Waals surface area (Å²) in [6, 6.07) is 11.6. The normalized spacial score (nSPS) is 17.3. The summed E-state index contributed by atoms with van der Waals surface area (Å²) in [6.45, 7) is 1.33. The number of ether oxygens (including phenoxy) is 4. The van der Waals surface area contributed by atoms with Gasteiger partial charge in [0.1, 0.15) is 0 Å². The number of hydrogen-bond donors (Lipinski definition) is 2. The number of hydrogen-bond acceptors (Lipinski definition) is 7. The number of carbonyl (C=O) groups excluding carboxylic acids is 2. The number of fused-ring (bicyclic) bond motifs is 1. The van der Waals surface area contributed by atoms with Crippen molar-refractivity contribution < 1.29 is 28.5 Å². The summed E-state index contributed by atoms with van der Waals surface area (Å²) in [4.78, 5) is 28.9. The summed E-state index contributed by atoms with van der Waals surface area (Å²) in [5.41, 5.74) is 1.44. The van der Waals surface area contributed by atoms with E-state index in [1.807, 2.05) is 6.07 Å². The van der Waals surface area contributed by atoms with Gasteiger partial charge in [0, 0.05) is 23.9 Å². The molecule has 0 radical (unpaired) electrons. The fraction of sp³-hybridized carbons (Fsp3) is 0.318. The molecule has 0 unspecified atom stereocenters. The van der Waals surface area contributed by atoms with E-state index in [4.69, 9.17) is 14.2 Å². The Morgan fingerprint density at radius 2 is 1.87 bits per heavy atom. The minimum Gasteiger partial charge on any atom is -0.465 e. The summed E-state index contributed by atoms with van der Waals surface area (Å²) in [5.74, 6) is 0.744. The second-order valence-electron chi connectivity index (χ2n) is 7.04. The number of guanidine groups is 1. The molecule has 0 bridgehead atoms. The Hall–Kier alpha value is -3.59. The third-order valence-electron chi connectivity index (χ3n) is 4.91. The van der Waals surface area contributed by atoms with E-state index in [0.717, 1.165) is 19.4 Å². The van der Waals surface area contributed by atoms with E-state index in [0.29, 0.717) is 34.9 Å². The van der Waals surface area contributed by atoms with Gasteiger partial charge in [-0.05, 0) is 49.2 Å². The van der Waals surface area contributed by atoms with Crippen LogP contribution in [0, 0.1) is 0 Å². The van der Waals surface area contributed by atoms with Crippen molar-refractivity contribution >= 4 is 23.5 Å². The van der Waals surface area contributed by atoms with Gasteiger partial charge in [-0.1, -0.05) is 0 Å². The number of benzene rings is 2. The molecular formula is C22H23N3O6. The lowest BCUT2D eigenvalue weighted by molar-refractivity contribution is 0.0600. The second-order valence-corrected chi connectivity index (χ2v) is 7.04. The summed E-state index contributed by atoms with van der Waals surface area (Å²) in [5, 5.41) is 5.92. The second kappa shape index (κ2) is 9.48. The van der Waals surface area contributed by atoms with Crippen molar-refractivity contribution in [2.45, 2.75) is 18.9 Å². The molecule has 1 amide bonds. The van der Waals surface area contributed by atoms with Gasteiger partial charge in [-0.25, -0.2) is 9.79 Å². The Morgan fingerprint density at radius 3 is 2.61 bits per heavy atom. The number of nitrogens with one attached hydrogen (secondary N) is 2. The molecule has 9 heteroatoms. The van der Waals surface area contributed by atoms with Crippen LogP contribution in [0.3, 0.4) is 0 Å². The number of esters is 1. The number of amides is 1. The van der Waals surface area contributed by atoms with Crippen LogP contribution in [0.25, 0.3) is 0 Å². The minimum atomic E-state index is -0.463. The van der Waals surface area contributed by atoms with Crippen LogP contribution in [0.5, 0.6) is 11.5 Å². The Balaban J connectivity index is 1.48. The van der Waals surface area contributed by atoms with Crippen molar-refractivity contribution in [2.75, 3.05) is 32.4 Å². The van der Waals surface area contributed by atoms with Crippen molar-refractivity contribution in [2.24, 2.45) is 4.99 Å². The van der Waals surface area contributed by atoms with E-state index in [1.54, 1.807) is 24.3 Å². The minimum absolute atomic E-state index is 0.0322. The average molecular weight is 425 g/mol. The van der Waals surface area contributed by atoms with Crippen LogP contribution < -0.4 is 20.1 Å². The van der Waals surface area contributed by atoms with E-state index in [-0.39, 0.29) is 24.8 Å². The Bertz CT molecular complexity index is 983. The monoisotopic (exact) mass is 425 g/mol. The highest BCUT2D eigenvalue weighted by atomic mass is 16.7. The highest BCUT2D eigenvalue weighted by Gasteiger charge is 2.18. The van der Waals surface area contributed by atoms with Crippen LogP contribution in [0.4, 0.5) is 5.69 Å². The zero-order chi connectivity index (χ0) is 21.6. The molecule has 162 valence electrons. The van der Waals surface area contributed by atoms with Gasteiger partial charge in [0.2, 0.25) is 12.8 Å². The van der Waals surface area contributed by atoms with E-state index >= 15 is 0 Å². The van der Waals surface area contributed by atoms with Gasteiger partial charge in [0.25, 0.3) is 5.91 Å². The standard InChI is InChI=1S/C22H23N3O6/c1-28-21(27)15-6-4-14(5-7-15)20(26)25-22(23-12-17-3-2-10-29-17)24-16-8-9-18-19(11-16)31-13-30-18/h4-9,11,17H,2-3,10,12-13H2,1H3,(H2,23,24,25,26)/t17-/m0/s1. The van der Waals surface area contributed by atoms with Crippen LogP contribution in [0.15, 0.2) is 47.5 Å². The zero-order valence-electron chi connectivity index (χ0n) is 17.1. The first-order valence-electron chi connectivity index (χ1n) is 9.95. The number of carbonyl (C=O) groups is 2. The SMILES string of the molecule is COC(=O)c1ccc(C(=O)NC(=NC[C@@H]2CCCO2)Nc2ccc3c(c2)OCO3)cc1. The topological polar surface area (TPSA) is 107 Å². The lowest BCUT2D eigenvalue weighted by atomic mass is 10.1. The first-order chi connectivity index (χ1) is 15.1. The third kappa shape index (κ3) is 5.13. The summed E-state index contributed by atoms with van der Waals surface area (Å²) in [7, 11) is 1.31. The van der Waals surface area contributed by atoms with E-state index in [2.05, 4.69) is 20.4 Å². The van der Waals surface area contributed by atoms with E-state index in [9.17, 15) is 9.59 Å². The van der Waals surface area contributed by atoms with Crippen molar-refractivity contribution in [3.05, 3.63) is 53.6 Å². The molecule has 2 N–H and O–H groups in total. The van der Waals surface area contributed by atoms with Crippen molar-refractivity contribution in [1.29, 1.82) is 0 Å². The van der Waals surface area contributed by atoms with Gasteiger partial charge in [-0.2, -0.15) is 0 Å². The van der Waals surface area contributed by atoms with Crippen molar-refractivity contribution in [3.63, 3.8) is 0 Å². The molecule has 1 saturated heterocycles. The molecule has 9 nitrogen and oxygen atoms in total. The largest absolute Gasteiger partial charge is 0.465 e. The van der Waals surface area contributed by atoms with Crippen LogP contribution in [0.2, 0.25) is 0 Å². The van der Waals surface area contributed by atoms with Crippen LogP contribution in [-0.4, -0.2) is 51.0 Å². The maximum Gasteiger partial charge on any atom is 0.337 e. The lowest BCUT2D eigenvalue weighted by Crippen LogP contribution is -2.36. The Morgan fingerprint density at radius 1 is 1.10 bits per heavy atom. The summed E-state index contributed by atoms with van der Waals surface area (Å²) < 4.78 is 21.0. The average Bonchev–Trinajstić information content (AvgIpc) is 3.48. The van der Waals surface area contributed by atoms with Crippen molar-refractivity contribution in [1.82, 2.24) is 5.32 Å². The molecule has 31 heavy (non-hydrogen) atoms. The molecule has 0 aromatic heterocycles. The lowest BCUT2D eigenvalue weighted by Gasteiger charge is -2.14. The first kappa shape index (κ1) is 20.7. The fourth-order valence-electron chi connectivity index (χ4n) is 3.26. The Labute approximate surface area is 179 Å². The fourth-order valence-corrected chi connectivity index (χ4v) is 3.26. The van der Waals surface area contributed by atoms with Gasteiger partial charge in [-0.15, -0.1) is 0 Å². The number of rotatable bonds is 5. The van der Waals surface area contributed by atoms with Gasteiger partial charge >= 0.3 is 5.97 Å². The molecule has 1 atom stereocenters. The van der Waals surface area contributed by atoms with Gasteiger partial charge < -0.3 is 24.3 Å². The molecule has 2 aliphatic rings. The predicted molar refractivity (Wildman–Crippen MR) is 113 cm³/mol. The van der Waals surface area contributed by atoms with Gasteiger partial charge in [0.15, 0.2) is 11.5 Å². The maximum absolute atomic E-state index is 12.8.